The van der Waals surface area contributed by atoms with Crippen molar-refractivity contribution in [2.75, 3.05) is 12.4 Å². The summed E-state index contributed by atoms with van der Waals surface area (Å²) in [6.45, 7) is 6.64. The van der Waals surface area contributed by atoms with Gasteiger partial charge in [-0.25, -0.2) is 0 Å². The lowest BCUT2D eigenvalue weighted by molar-refractivity contribution is 0.234. The summed E-state index contributed by atoms with van der Waals surface area (Å²) in [6.07, 6.45) is 0. The van der Waals surface area contributed by atoms with Gasteiger partial charge in [-0.15, -0.1) is 11.8 Å². The maximum atomic E-state index is 9.08. The van der Waals surface area contributed by atoms with Crippen LogP contribution in [0.3, 0.4) is 0 Å². The van der Waals surface area contributed by atoms with Gasteiger partial charge in [0.2, 0.25) is 0 Å². The van der Waals surface area contributed by atoms with Crippen molar-refractivity contribution < 1.29 is 5.11 Å². The summed E-state index contributed by atoms with van der Waals surface area (Å²) >= 11 is 1.87. The molecule has 0 radical (unpaired) electrons. The van der Waals surface area contributed by atoms with E-state index in [2.05, 4.69) is 43.4 Å². The predicted octanol–water partition coefficient (Wildman–Crippen LogP) is 2.77. The molecule has 1 aromatic carbocycles. The topological polar surface area (TPSA) is 32.3 Å². The Hall–Kier alpha value is -0.510. The number of benzene rings is 1. The van der Waals surface area contributed by atoms with Crippen LogP contribution < -0.4 is 5.32 Å². The number of hydrogen-bond donors (Lipinski definition) is 2. The summed E-state index contributed by atoms with van der Waals surface area (Å²) in [6, 6.07) is 11.0. The summed E-state index contributed by atoms with van der Waals surface area (Å²) in [7, 11) is 0. The lowest BCUT2D eigenvalue weighted by Gasteiger charge is -2.25. The van der Waals surface area contributed by atoms with Crippen molar-refractivity contribution in [2.45, 2.75) is 37.8 Å². The number of hydrogen-bond acceptors (Lipinski definition) is 3. The number of thioether (sulfide) groups is 1. The fourth-order valence-corrected chi connectivity index (χ4v) is 2.76. The normalized spacial score (nSPS) is 14.9. The first-order valence-electron chi connectivity index (χ1n) is 6.18. The largest absolute Gasteiger partial charge is 0.395 e. The molecule has 0 amide bonds. The maximum Gasteiger partial charge on any atom is 0.0582 e. The van der Waals surface area contributed by atoms with E-state index in [4.69, 9.17) is 5.11 Å². The van der Waals surface area contributed by atoms with Crippen LogP contribution in [-0.2, 0) is 0 Å². The third kappa shape index (κ3) is 5.57. The zero-order chi connectivity index (χ0) is 12.7. The van der Waals surface area contributed by atoms with Crippen LogP contribution in [0.15, 0.2) is 35.2 Å². The van der Waals surface area contributed by atoms with E-state index in [-0.39, 0.29) is 12.6 Å². The minimum absolute atomic E-state index is 0.166. The summed E-state index contributed by atoms with van der Waals surface area (Å²) < 4.78 is 0. The number of aliphatic hydroxyl groups excluding tert-OH is 1. The van der Waals surface area contributed by atoms with Crippen molar-refractivity contribution in [2.24, 2.45) is 5.92 Å². The first kappa shape index (κ1) is 14.6. The van der Waals surface area contributed by atoms with E-state index >= 15 is 0 Å². The molecular weight excluding hydrogens is 230 g/mol. The smallest absolute Gasteiger partial charge is 0.0582 e. The molecular formula is C14H23NOS. The molecule has 17 heavy (non-hydrogen) atoms. The van der Waals surface area contributed by atoms with Gasteiger partial charge in [-0.05, 0) is 25.0 Å². The Morgan fingerprint density at radius 3 is 2.35 bits per heavy atom. The zero-order valence-corrected chi connectivity index (χ0v) is 11.7. The van der Waals surface area contributed by atoms with Gasteiger partial charge >= 0.3 is 0 Å². The van der Waals surface area contributed by atoms with Gasteiger partial charge < -0.3 is 10.4 Å². The van der Waals surface area contributed by atoms with Crippen LogP contribution in [0, 0.1) is 5.92 Å². The predicted molar refractivity (Wildman–Crippen MR) is 75.5 cm³/mol. The first-order chi connectivity index (χ1) is 8.13. The molecule has 2 N–H and O–H groups in total. The zero-order valence-electron chi connectivity index (χ0n) is 10.9. The van der Waals surface area contributed by atoms with Gasteiger partial charge in [-0.2, -0.15) is 0 Å². The third-order valence-electron chi connectivity index (χ3n) is 2.75. The number of aliphatic hydroxyl groups is 1. The Bertz CT molecular complexity index is 302. The van der Waals surface area contributed by atoms with Crippen molar-refractivity contribution in [1.29, 1.82) is 0 Å². The van der Waals surface area contributed by atoms with Gasteiger partial charge in [0.25, 0.3) is 0 Å². The molecule has 0 spiro atoms. The van der Waals surface area contributed by atoms with Crippen molar-refractivity contribution in [3.05, 3.63) is 30.3 Å². The van der Waals surface area contributed by atoms with E-state index in [1.54, 1.807) is 0 Å². The molecule has 2 atom stereocenters. The van der Waals surface area contributed by atoms with E-state index in [1.165, 1.54) is 4.90 Å². The molecule has 0 aliphatic carbocycles. The SMILES string of the molecule is CC(C)C(CSc1ccccc1)N[C@H](C)CO. The molecule has 0 fully saturated rings. The van der Waals surface area contributed by atoms with Gasteiger partial charge in [0.15, 0.2) is 0 Å². The quantitative estimate of drug-likeness (QED) is 0.733. The number of rotatable bonds is 7. The standard InChI is InChI=1S/C14H23NOS/c1-11(2)14(15-12(3)9-16)10-17-13-7-5-4-6-8-13/h4-8,11-12,14-16H,9-10H2,1-3H3/t12-,14?/m1/s1. The highest BCUT2D eigenvalue weighted by molar-refractivity contribution is 7.99. The maximum absolute atomic E-state index is 9.08. The van der Waals surface area contributed by atoms with Crippen molar-refractivity contribution in [1.82, 2.24) is 5.32 Å². The minimum Gasteiger partial charge on any atom is -0.395 e. The highest BCUT2D eigenvalue weighted by Gasteiger charge is 2.15. The molecule has 2 nitrogen and oxygen atoms in total. The van der Waals surface area contributed by atoms with Gasteiger partial charge in [0.1, 0.15) is 0 Å². The van der Waals surface area contributed by atoms with Gasteiger partial charge in [-0.1, -0.05) is 32.0 Å². The highest BCUT2D eigenvalue weighted by Crippen LogP contribution is 2.20. The van der Waals surface area contributed by atoms with Crippen LogP contribution in [0.4, 0.5) is 0 Å². The second-order valence-corrected chi connectivity index (χ2v) is 5.82. The summed E-state index contributed by atoms with van der Waals surface area (Å²) in [5.41, 5.74) is 0. The highest BCUT2D eigenvalue weighted by atomic mass is 32.2. The average molecular weight is 253 g/mol. The molecule has 0 aliphatic rings. The molecule has 0 aliphatic heterocycles. The van der Waals surface area contributed by atoms with Gasteiger partial charge in [-0.3, -0.25) is 0 Å². The monoisotopic (exact) mass is 253 g/mol. The summed E-state index contributed by atoms with van der Waals surface area (Å²) in [4.78, 5) is 1.30. The lowest BCUT2D eigenvalue weighted by Crippen LogP contribution is -2.43. The van der Waals surface area contributed by atoms with Crippen molar-refractivity contribution >= 4 is 11.8 Å². The Labute approximate surface area is 109 Å². The molecule has 3 heteroatoms. The van der Waals surface area contributed by atoms with E-state index in [9.17, 15) is 0 Å². The molecule has 0 heterocycles. The molecule has 0 saturated carbocycles. The first-order valence-corrected chi connectivity index (χ1v) is 7.16. The molecule has 0 saturated heterocycles. The minimum atomic E-state index is 0.166. The Morgan fingerprint density at radius 2 is 1.82 bits per heavy atom. The van der Waals surface area contributed by atoms with Crippen LogP contribution in [0.25, 0.3) is 0 Å². The molecule has 96 valence electrons. The lowest BCUT2D eigenvalue weighted by atomic mass is 10.1. The van der Waals surface area contributed by atoms with E-state index in [0.717, 1.165) is 5.75 Å². The second-order valence-electron chi connectivity index (χ2n) is 4.72. The molecule has 0 bridgehead atoms. The second kappa shape index (κ2) is 7.75. The van der Waals surface area contributed by atoms with E-state index < -0.39 is 0 Å². The van der Waals surface area contributed by atoms with Crippen molar-refractivity contribution in [3.63, 3.8) is 0 Å². The average Bonchev–Trinajstić information content (AvgIpc) is 2.35. The fourth-order valence-electron chi connectivity index (χ4n) is 1.55. The third-order valence-corrected chi connectivity index (χ3v) is 3.88. The van der Waals surface area contributed by atoms with Crippen LogP contribution >= 0.6 is 11.8 Å². The Morgan fingerprint density at radius 1 is 1.18 bits per heavy atom. The fraction of sp³-hybridized carbons (Fsp3) is 0.571. The molecule has 0 aromatic heterocycles. The van der Waals surface area contributed by atoms with E-state index in [1.807, 2.05) is 24.8 Å². The van der Waals surface area contributed by atoms with Crippen LogP contribution in [0.1, 0.15) is 20.8 Å². The van der Waals surface area contributed by atoms with Gasteiger partial charge in [0.05, 0.1) is 6.61 Å². The van der Waals surface area contributed by atoms with Crippen LogP contribution in [0.5, 0.6) is 0 Å². The van der Waals surface area contributed by atoms with Crippen LogP contribution in [0.2, 0.25) is 0 Å². The Balaban J connectivity index is 2.45. The van der Waals surface area contributed by atoms with E-state index in [0.29, 0.717) is 12.0 Å². The molecule has 1 aromatic rings. The number of nitrogens with one attached hydrogen (secondary N) is 1. The summed E-state index contributed by atoms with van der Waals surface area (Å²) in [5, 5.41) is 12.5. The molecule has 1 unspecified atom stereocenters. The summed E-state index contributed by atoms with van der Waals surface area (Å²) in [5.74, 6) is 1.60. The van der Waals surface area contributed by atoms with Gasteiger partial charge in [0, 0.05) is 22.7 Å². The molecule has 1 rings (SSSR count). The van der Waals surface area contributed by atoms with Crippen LogP contribution in [-0.4, -0.2) is 29.5 Å². The Kier molecular flexibility index (Phi) is 6.63. The van der Waals surface area contributed by atoms with Crippen molar-refractivity contribution in [3.8, 4) is 0 Å².